The standard InChI is InChI=1S/C20H22N2O5S/c1-14(2)22-28(25,26)18-11-9-17(10-12-18)21-19(23)13-6-15-4-7-16(8-5-15)20(24)27-3/h4-14,22H,1-3H3,(H,21,23)/b13-6+. The van der Waals surface area contributed by atoms with Crippen LogP contribution in [0.15, 0.2) is 59.5 Å². The first-order valence-electron chi connectivity index (χ1n) is 8.51. The SMILES string of the molecule is COC(=O)c1ccc(/C=C/C(=O)Nc2ccc(S(=O)(=O)NC(C)C)cc2)cc1. The summed E-state index contributed by atoms with van der Waals surface area (Å²) >= 11 is 0. The molecule has 28 heavy (non-hydrogen) atoms. The summed E-state index contributed by atoms with van der Waals surface area (Å²) in [5.74, 6) is -0.796. The third-order valence-corrected chi connectivity index (χ3v) is 5.26. The van der Waals surface area contributed by atoms with Crippen LogP contribution in [0.25, 0.3) is 6.08 Å². The van der Waals surface area contributed by atoms with Crippen molar-refractivity contribution < 1.29 is 22.7 Å². The van der Waals surface area contributed by atoms with Gasteiger partial charge in [-0.1, -0.05) is 12.1 Å². The molecule has 8 heteroatoms. The van der Waals surface area contributed by atoms with Gasteiger partial charge in [-0.25, -0.2) is 17.9 Å². The number of nitrogens with one attached hydrogen (secondary N) is 2. The Kier molecular flexibility index (Phi) is 7.08. The fourth-order valence-electron chi connectivity index (χ4n) is 2.30. The highest BCUT2D eigenvalue weighted by molar-refractivity contribution is 7.89. The lowest BCUT2D eigenvalue weighted by Gasteiger charge is -2.10. The second-order valence-electron chi connectivity index (χ2n) is 6.24. The van der Waals surface area contributed by atoms with Gasteiger partial charge < -0.3 is 10.1 Å². The van der Waals surface area contributed by atoms with Crippen molar-refractivity contribution in [3.05, 3.63) is 65.7 Å². The molecule has 0 spiro atoms. The van der Waals surface area contributed by atoms with Crippen LogP contribution in [-0.2, 0) is 19.6 Å². The fraction of sp³-hybridized carbons (Fsp3) is 0.200. The molecule has 1 amide bonds. The first-order chi connectivity index (χ1) is 13.2. The Balaban J connectivity index is 1.99. The van der Waals surface area contributed by atoms with Gasteiger partial charge in [0.25, 0.3) is 0 Å². The molecule has 0 unspecified atom stereocenters. The molecule has 2 rings (SSSR count). The predicted molar refractivity (Wildman–Crippen MR) is 107 cm³/mol. The molecule has 0 saturated carbocycles. The van der Waals surface area contributed by atoms with Gasteiger partial charge in [0.2, 0.25) is 15.9 Å². The van der Waals surface area contributed by atoms with Crippen LogP contribution in [0.1, 0.15) is 29.8 Å². The van der Waals surface area contributed by atoms with Crippen LogP contribution >= 0.6 is 0 Å². The first-order valence-corrected chi connectivity index (χ1v) is 9.99. The molecule has 0 aliphatic heterocycles. The van der Waals surface area contributed by atoms with Gasteiger partial charge >= 0.3 is 5.97 Å². The van der Waals surface area contributed by atoms with E-state index in [4.69, 9.17) is 0 Å². The number of hydrogen-bond donors (Lipinski definition) is 2. The molecule has 0 aliphatic carbocycles. The number of anilines is 1. The predicted octanol–water partition coefficient (Wildman–Crippen LogP) is 2.81. The molecule has 0 atom stereocenters. The number of methoxy groups -OCH3 is 1. The summed E-state index contributed by atoms with van der Waals surface area (Å²) in [5.41, 5.74) is 1.63. The van der Waals surface area contributed by atoms with Crippen molar-refractivity contribution in [1.29, 1.82) is 0 Å². The van der Waals surface area contributed by atoms with Gasteiger partial charge in [0.15, 0.2) is 0 Å². The second-order valence-corrected chi connectivity index (χ2v) is 7.95. The molecule has 0 radical (unpaired) electrons. The summed E-state index contributed by atoms with van der Waals surface area (Å²) < 4.78 is 31.3. The normalized spacial score (nSPS) is 11.6. The molecular formula is C20H22N2O5S. The second kappa shape index (κ2) is 9.29. The van der Waals surface area contributed by atoms with Crippen LogP contribution in [0.4, 0.5) is 5.69 Å². The van der Waals surface area contributed by atoms with E-state index in [0.29, 0.717) is 11.3 Å². The van der Waals surface area contributed by atoms with Gasteiger partial charge in [0.1, 0.15) is 0 Å². The number of benzene rings is 2. The molecule has 2 N–H and O–H groups in total. The zero-order chi connectivity index (χ0) is 20.7. The van der Waals surface area contributed by atoms with Crippen molar-refractivity contribution >= 4 is 33.7 Å². The Morgan fingerprint density at radius 2 is 1.61 bits per heavy atom. The molecule has 0 heterocycles. The van der Waals surface area contributed by atoms with Crippen LogP contribution in [-0.4, -0.2) is 33.4 Å². The van der Waals surface area contributed by atoms with E-state index in [1.165, 1.54) is 37.5 Å². The van der Waals surface area contributed by atoms with Crippen LogP contribution < -0.4 is 10.0 Å². The number of rotatable bonds is 7. The Labute approximate surface area is 164 Å². The van der Waals surface area contributed by atoms with Crippen molar-refractivity contribution in [2.75, 3.05) is 12.4 Å². The Morgan fingerprint density at radius 3 is 2.14 bits per heavy atom. The topological polar surface area (TPSA) is 102 Å². The van der Waals surface area contributed by atoms with E-state index in [2.05, 4.69) is 14.8 Å². The van der Waals surface area contributed by atoms with Gasteiger partial charge in [-0.2, -0.15) is 0 Å². The van der Waals surface area contributed by atoms with E-state index in [-0.39, 0.29) is 16.8 Å². The first kappa shape index (κ1) is 21.3. The molecule has 2 aromatic carbocycles. The summed E-state index contributed by atoms with van der Waals surface area (Å²) in [6, 6.07) is 12.3. The van der Waals surface area contributed by atoms with E-state index in [1.54, 1.807) is 44.2 Å². The highest BCUT2D eigenvalue weighted by atomic mass is 32.2. The van der Waals surface area contributed by atoms with Crippen molar-refractivity contribution in [2.24, 2.45) is 0 Å². The average molecular weight is 402 g/mol. The van der Waals surface area contributed by atoms with Crippen molar-refractivity contribution in [3.63, 3.8) is 0 Å². The van der Waals surface area contributed by atoms with Crippen molar-refractivity contribution in [3.8, 4) is 0 Å². The Hall–Kier alpha value is -2.97. The van der Waals surface area contributed by atoms with E-state index in [9.17, 15) is 18.0 Å². The average Bonchev–Trinajstić information content (AvgIpc) is 2.65. The number of carbonyl (C=O) groups excluding carboxylic acids is 2. The maximum absolute atomic E-state index is 12.1. The minimum Gasteiger partial charge on any atom is -0.465 e. The summed E-state index contributed by atoms with van der Waals surface area (Å²) in [6.45, 7) is 3.48. The third kappa shape index (κ3) is 6.04. The fourth-order valence-corrected chi connectivity index (χ4v) is 3.55. The van der Waals surface area contributed by atoms with E-state index >= 15 is 0 Å². The molecule has 0 bridgehead atoms. The number of hydrogen-bond acceptors (Lipinski definition) is 5. The van der Waals surface area contributed by atoms with Gasteiger partial charge in [-0.05, 0) is 61.9 Å². The molecule has 2 aromatic rings. The van der Waals surface area contributed by atoms with E-state index in [1.807, 2.05) is 0 Å². The number of sulfonamides is 1. The zero-order valence-electron chi connectivity index (χ0n) is 15.8. The summed E-state index contributed by atoms with van der Waals surface area (Å²) in [7, 11) is -2.26. The number of amides is 1. The molecular weight excluding hydrogens is 380 g/mol. The lowest BCUT2D eigenvalue weighted by Crippen LogP contribution is -2.30. The van der Waals surface area contributed by atoms with Crippen LogP contribution in [0.2, 0.25) is 0 Å². The number of ether oxygens (including phenoxy) is 1. The van der Waals surface area contributed by atoms with Gasteiger partial charge in [-0.15, -0.1) is 0 Å². The molecule has 0 fully saturated rings. The van der Waals surface area contributed by atoms with Gasteiger partial charge in [0, 0.05) is 17.8 Å². The van der Waals surface area contributed by atoms with Crippen molar-refractivity contribution in [1.82, 2.24) is 4.72 Å². The van der Waals surface area contributed by atoms with Crippen molar-refractivity contribution in [2.45, 2.75) is 24.8 Å². The zero-order valence-corrected chi connectivity index (χ0v) is 16.6. The highest BCUT2D eigenvalue weighted by Gasteiger charge is 2.15. The molecule has 7 nitrogen and oxygen atoms in total. The van der Waals surface area contributed by atoms with Crippen LogP contribution in [0, 0.1) is 0 Å². The number of esters is 1. The molecule has 0 saturated heterocycles. The summed E-state index contributed by atoms with van der Waals surface area (Å²) in [6.07, 6.45) is 2.94. The van der Waals surface area contributed by atoms with E-state index in [0.717, 1.165) is 5.56 Å². The van der Waals surface area contributed by atoms with Gasteiger partial charge in [-0.3, -0.25) is 4.79 Å². The Bertz CT molecular complexity index is 963. The minimum atomic E-state index is -3.57. The quantitative estimate of drug-likeness (QED) is 0.548. The number of carbonyl (C=O) groups is 2. The maximum Gasteiger partial charge on any atom is 0.337 e. The maximum atomic E-state index is 12.1. The lowest BCUT2D eigenvalue weighted by molar-refractivity contribution is -0.111. The third-order valence-electron chi connectivity index (χ3n) is 3.58. The van der Waals surface area contributed by atoms with Gasteiger partial charge in [0.05, 0.1) is 17.6 Å². The minimum absolute atomic E-state index is 0.125. The highest BCUT2D eigenvalue weighted by Crippen LogP contribution is 2.15. The van der Waals surface area contributed by atoms with E-state index < -0.39 is 16.0 Å². The lowest BCUT2D eigenvalue weighted by atomic mass is 10.1. The molecule has 0 aliphatic rings. The summed E-state index contributed by atoms with van der Waals surface area (Å²) in [4.78, 5) is 23.5. The largest absolute Gasteiger partial charge is 0.465 e. The monoisotopic (exact) mass is 402 g/mol. The molecule has 0 aromatic heterocycles. The smallest absolute Gasteiger partial charge is 0.337 e. The van der Waals surface area contributed by atoms with Crippen LogP contribution in [0.3, 0.4) is 0 Å². The van der Waals surface area contributed by atoms with Crippen LogP contribution in [0.5, 0.6) is 0 Å². The Morgan fingerprint density at radius 1 is 1.00 bits per heavy atom. The molecule has 148 valence electrons. The summed E-state index contributed by atoms with van der Waals surface area (Å²) in [5, 5.41) is 2.66.